The molecule has 0 saturated heterocycles. The van der Waals surface area contributed by atoms with Crippen molar-refractivity contribution in [1.29, 1.82) is 0 Å². The molecule has 0 heterocycles. The Morgan fingerprint density at radius 1 is 0.338 bits per heavy atom. The normalized spacial score (nSPS) is 18.5. The van der Waals surface area contributed by atoms with Gasteiger partial charge in [-0.05, 0) is 152 Å². The second kappa shape index (κ2) is 18.8. The lowest BCUT2D eigenvalue weighted by molar-refractivity contribution is 0.00745. The van der Waals surface area contributed by atoms with Crippen LogP contribution in [0.5, 0.6) is 11.5 Å². The van der Waals surface area contributed by atoms with Gasteiger partial charge in [-0.15, -0.1) is 0 Å². The molecule has 4 unspecified atom stereocenters. The number of rotatable bonds is 10. The maximum absolute atomic E-state index is 16.2. The van der Waals surface area contributed by atoms with Gasteiger partial charge in [0, 0.05) is 22.3 Å². The van der Waals surface area contributed by atoms with Crippen LogP contribution in [0.25, 0.3) is 87.6 Å². The molecule has 0 radical (unpaired) electrons. The molecule has 4 atom stereocenters. The molecular formula is C64H54O6S. The van der Waals surface area contributed by atoms with Crippen LogP contribution in [-0.4, -0.2) is 43.0 Å². The number of hydrogen-bond acceptors (Lipinski definition) is 6. The molecule has 10 aromatic rings. The van der Waals surface area contributed by atoms with Gasteiger partial charge in [0.1, 0.15) is 23.7 Å². The second-order valence-corrected chi connectivity index (χ2v) is 21.4. The van der Waals surface area contributed by atoms with E-state index < -0.39 is 34.3 Å². The summed E-state index contributed by atoms with van der Waals surface area (Å²) in [6, 6.07) is 64.4. The molecule has 7 heteroatoms. The molecule has 6 nitrogen and oxygen atoms in total. The summed E-state index contributed by atoms with van der Waals surface area (Å²) >= 11 is 0. The zero-order valence-corrected chi connectivity index (χ0v) is 40.2. The maximum Gasteiger partial charge on any atom is 0.206 e. The number of aliphatic hydroxyl groups excluding tert-OH is 2. The Hall–Kier alpha value is -7.29. The summed E-state index contributed by atoms with van der Waals surface area (Å²) in [6.07, 6.45) is 4.00. The molecule has 2 fully saturated rings. The predicted molar refractivity (Wildman–Crippen MR) is 288 cm³/mol. The minimum absolute atomic E-state index is 0.102. The quantitative estimate of drug-likeness (QED) is 0.142. The Morgan fingerprint density at radius 3 is 0.887 bits per heavy atom. The molecule has 2 N–H and O–H groups in total. The van der Waals surface area contributed by atoms with Crippen molar-refractivity contribution in [3.05, 3.63) is 194 Å². The molecule has 10 aromatic carbocycles. The van der Waals surface area contributed by atoms with Gasteiger partial charge in [0.05, 0.1) is 22.0 Å². The first-order valence-electron chi connectivity index (χ1n) is 25.0. The Labute approximate surface area is 414 Å². The van der Waals surface area contributed by atoms with Crippen molar-refractivity contribution in [3.8, 4) is 56.0 Å². The highest BCUT2D eigenvalue weighted by molar-refractivity contribution is 7.91. The van der Waals surface area contributed by atoms with E-state index >= 15 is 8.42 Å². The summed E-state index contributed by atoms with van der Waals surface area (Å²) in [7, 11) is -4.36. The van der Waals surface area contributed by atoms with Crippen LogP contribution in [0.3, 0.4) is 0 Å². The van der Waals surface area contributed by atoms with Gasteiger partial charge in [0.25, 0.3) is 0 Å². The number of hydrogen-bond donors (Lipinski definition) is 2. The van der Waals surface area contributed by atoms with Crippen LogP contribution in [0.1, 0.15) is 51.4 Å². The Kier molecular flexibility index (Phi) is 11.9. The van der Waals surface area contributed by atoms with Crippen LogP contribution < -0.4 is 9.47 Å². The van der Waals surface area contributed by atoms with Crippen LogP contribution in [-0.2, 0) is 9.84 Å². The average molecular weight is 951 g/mol. The van der Waals surface area contributed by atoms with Crippen LogP contribution in [0.2, 0.25) is 0 Å². The maximum atomic E-state index is 16.2. The van der Waals surface area contributed by atoms with E-state index in [1.54, 1.807) is 24.3 Å². The minimum atomic E-state index is -4.36. The van der Waals surface area contributed by atoms with Gasteiger partial charge in [-0.25, -0.2) is 8.42 Å². The molecular weight excluding hydrogens is 897 g/mol. The van der Waals surface area contributed by atoms with Crippen molar-refractivity contribution in [3.63, 3.8) is 0 Å². The van der Waals surface area contributed by atoms with Crippen molar-refractivity contribution in [2.75, 3.05) is 0 Å². The van der Waals surface area contributed by atoms with E-state index in [0.29, 0.717) is 59.4 Å². The molecule has 0 spiro atoms. The topological polar surface area (TPSA) is 93.1 Å². The molecule has 12 rings (SSSR count). The number of fused-ring (bicyclic) bond motifs is 4. The third-order valence-electron chi connectivity index (χ3n) is 14.9. The van der Waals surface area contributed by atoms with E-state index in [1.165, 1.54) is 0 Å². The number of aliphatic hydroxyl groups is 2. The number of ether oxygens (including phenoxy) is 2. The first kappa shape index (κ1) is 44.9. The third-order valence-corrected chi connectivity index (χ3v) is 16.6. The van der Waals surface area contributed by atoms with Crippen LogP contribution >= 0.6 is 0 Å². The van der Waals surface area contributed by atoms with Gasteiger partial charge >= 0.3 is 0 Å². The average Bonchev–Trinajstić information content (AvgIpc) is 3.41. The SMILES string of the molecule is O=S(=O)(c1cc(-c2ccc3ccccc3c2)c(OC2CCCCC2O)c(-c2ccc3ccccc3c2)c1)c1cc(-c2ccc3ccccc3c2)c(OC2CCCCC2O)c(-c2ccc3ccccc3c2)c1. The Bertz CT molecular complexity index is 3330. The highest BCUT2D eigenvalue weighted by Crippen LogP contribution is 2.48. The fraction of sp³-hybridized carbons (Fsp3) is 0.188. The second-order valence-electron chi connectivity index (χ2n) is 19.5. The molecule has 352 valence electrons. The predicted octanol–water partition coefficient (Wildman–Crippen LogP) is 15.2. The first-order valence-corrected chi connectivity index (χ1v) is 26.5. The Morgan fingerprint density at radius 2 is 0.606 bits per heavy atom. The summed E-state index contributed by atoms with van der Waals surface area (Å²) in [4.78, 5) is 0.205. The van der Waals surface area contributed by atoms with E-state index in [0.717, 1.165) is 91.0 Å². The van der Waals surface area contributed by atoms with Crippen LogP contribution in [0.15, 0.2) is 204 Å². The number of benzene rings is 10. The fourth-order valence-corrected chi connectivity index (χ4v) is 12.3. The smallest absolute Gasteiger partial charge is 0.206 e. The summed E-state index contributed by atoms with van der Waals surface area (Å²) in [5, 5.41) is 31.1. The third kappa shape index (κ3) is 8.73. The van der Waals surface area contributed by atoms with E-state index in [9.17, 15) is 10.2 Å². The lowest BCUT2D eigenvalue weighted by Crippen LogP contribution is -2.35. The summed E-state index contributed by atoms with van der Waals surface area (Å²) < 4.78 is 46.5. The molecule has 71 heavy (non-hydrogen) atoms. The lowest BCUT2D eigenvalue weighted by Gasteiger charge is -2.31. The van der Waals surface area contributed by atoms with Gasteiger partial charge in [0.15, 0.2) is 0 Å². The molecule has 0 aromatic heterocycles. The van der Waals surface area contributed by atoms with Crippen molar-refractivity contribution < 1.29 is 28.1 Å². The standard InChI is InChI=1S/C64H54O6S/c65-59-21-9-11-23-61(59)69-63-55(49-29-25-41-13-1-5-17-45(41)33-49)37-53(38-56(63)50-30-26-42-14-2-6-18-46(42)34-50)71(67,68)54-39-57(51-31-27-43-15-3-7-19-47(43)35-51)64(70-62-24-12-10-22-60(62)66)58(40-54)52-32-28-44-16-4-8-20-48(44)36-52/h1-8,13-20,25-40,59-62,65-66H,9-12,21-24H2. The molecule has 2 aliphatic rings. The largest absolute Gasteiger partial charge is 0.486 e. The first-order chi connectivity index (χ1) is 34.7. The zero-order chi connectivity index (χ0) is 48.1. The summed E-state index contributed by atoms with van der Waals surface area (Å²) in [6.45, 7) is 0. The van der Waals surface area contributed by atoms with Crippen molar-refractivity contribution in [2.45, 2.75) is 85.6 Å². The van der Waals surface area contributed by atoms with E-state index in [4.69, 9.17) is 9.47 Å². The molecule has 2 saturated carbocycles. The summed E-state index contributed by atoms with van der Waals surface area (Å²) in [5.41, 5.74) is 5.67. The van der Waals surface area contributed by atoms with Gasteiger partial charge in [-0.3, -0.25) is 0 Å². The molecule has 0 amide bonds. The summed E-state index contributed by atoms with van der Waals surface area (Å²) in [5.74, 6) is 1.06. The van der Waals surface area contributed by atoms with Gasteiger partial charge in [-0.1, -0.05) is 158 Å². The van der Waals surface area contributed by atoms with E-state index in [2.05, 4.69) is 97.1 Å². The molecule has 0 aliphatic heterocycles. The van der Waals surface area contributed by atoms with Crippen LogP contribution in [0, 0.1) is 0 Å². The lowest BCUT2D eigenvalue weighted by atomic mass is 9.92. The highest BCUT2D eigenvalue weighted by Gasteiger charge is 2.33. The van der Waals surface area contributed by atoms with Crippen molar-refractivity contribution in [1.82, 2.24) is 0 Å². The van der Waals surface area contributed by atoms with Crippen LogP contribution in [0.4, 0.5) is 0 Å². The van der Waals surface area contributed by atoms with Gasteiger partial charge in [0.2, 0.25) is 9.84 Å². The monoisotopic (exact) mass is 950 g/mol. The Balaban J connectivity index is 1.13. The van der Waals surface area contributed by atoms with E-state index in [-0.39, 0.29) is 9.79 Å². The minimum Gasteiger partial charge on any atom is -0.486 e. The molecule has 0 bridgehead atoms. The fourth-order valence-electron chi connectivity index (χ4n) is 10.9. The van der Waals surface area contributed by atoms with Gasteiger partial charge in [-0.2, -0.15) is 0 Å². The van der Waals surface area contributed by atoms with Gasteiger partial charge < -0.3 is 19.7 Å². The van der Waals surface area contributed by atoms with Crippen molar-refractivity contribution >= 4 is 52.9 Å². The zero-order valence-electron chi connectivity index (χ0n) is 39.4. The number of sulfone groups is 1. The molecule has 2 aliphatic carbocycles. The van der Waals surface area contributed by atoms with E-state index in [1.807, 2.05) is 72.8 Å². The highest BCUT2D eigenvalue weighted by atomic mass is 32.2. The van der Waals surface area contributed by atoms with Crippen molar-refractivity contribution in [2.24, 2.45) is 0 Å².